The number of alkyl halides is 3. The molecule has 3 aromatic rings. The van der Waals surface area contributed by atoms with Crippen molar-refractivity contribution in [1.82, 2.24) is 19.5 Å². The van der Waals surface area contributed by atoms with Crippen LogP contribution in [0.25, 0.3) is 11.3 Å². The van der Waals surface area contributed by atoms with Gasteiger partial charge in [0.2, 0.25) is 10.0 Å². The monoisotopic (exact) mass is 580 g/mol. The molecule has 2 heterocycles. The van der Waals surface area contributed by atoms with Gasteiger partial charge in [-0.2, -0.15) is 18.3 Å². The minimum Gasteiger partial charge on any atom is -0.259 e. The molecule has 1 aliphatic rings. The second-order valence-electron chi connectivity index (χ2n) is 8.60. The number of nitrogens with zero attached hydrogens (tertiary/aromatic N) is 3. The Morgan fingerprint density at radius 2 is 1.91 bits per heavy atom. The fourth-order valence-electron chi connectivity index (χ4n) is 3.28. The number of nitrogens with one attached hydrogen (secondary N) is 1. The van der Waals surface area contributed by atoms with Crippen LogP contribution in [0, 0.1) is 11.7 Å². The molecule has 12 heteroatoms. The Morgan fingerprint density at radius 1 is 1.23 bits per heavy atom. The summed E-state index contributed by atoms with van der Waals surface area (Å²) in [5, 5.41) is 4.23. The van der Waals surface area contributed by atoms with Gasteiger partial charge in [-0.3, -0.25) is 9.67 Å². The van der Waals surface area contributed by atoms with Crippen molar-refractivity contribution in [3.05, 3.63) is 64.3 Å². The summed E-state index contributed by atoms with van der Waals surface area (Å²) in [5.41, 5.74) is -2.90. The predicted octanol–water partition coefficient (Wildman–Crippen LogP) is 6.05. The van der Waals surface area contributed by atoms with Crippen LogP contribution in [0.15, 0.2) is 52.1 Å². The number of rotatable bonds is 6. The molecule has 1 saturated carbocycles. The summed E-state index contributed by atoms with van der Waals surface area (Å²) < 4.78 is 135. The van der Waals surface area contributed by atoms with E-state index in [-0.39, 0.29) is 15.7 Å². The Morgan fingerprint density at radius 3 is 2.46 bits per heavy atom. The van der Waals surface area contributed by atoms with Crippen molar-refractivity contribution < 1.29 is 34.2 Å². The van der Waals surface area contributed by atoms with Crippen LogP contribution in [0.1, 0.15) is 59.0 Å². The van der Waals surface area contributed by atoms with Crippen molar-refractivity contribution in [3.63, 3.8) is 0 Å². The highest BCUT2D eigenvalue weighted by molar-refractivity contribution is 9.10. The Labute approximate surface area is 217 Å². The summed E-state index contributed by atoms with van der Waals surface area (Å²) in [6.45, 7) is 5.03. The van der Waals surface area contributed by atoms with Crippen LogP contribution >= 0.6 is 15.9 Å². The molecule has 1 aliphatic carbocycles. The van der Waals surface area contributed by atoms with Crippen LogP contribution in [0.4, 0.5) is 17.6 Å². The molecular weight excluding hydrogens is 552 g/mol. The molecule has 35 heavy (non-hydrogen) atoms. The molecule has 1 N–H and O–H groups in total. The molecule has 0 aliphatic heterocycles. The van der Waals surface area contributed by atoms with Crippen LogP contribution in [0.2, 0.25) is 0 Å². The summed E-state index contributed by atoms with van der Waals surface area (Å²) >= 11 is 3.28. The molecule has 2 aromatic heterocycles. The smallest absolute Gasteiger partial charge is 0.259 e. The predicted molar refractivity (Wildman–Crippen MR) is 125 cm³/mol. The lowest BCUT2D eigenvalue weighted by Gasteiger charge is -2.25. The van der Waals surface area contributed by atoms with E-state index >= 15 is 0 Å². The largest absolute Gasteiger partial charge is 0.433 e. The molecule has 0 unspecified atom stereocenters. The summed E-state index contributed by atoms with van der Waals surface area (Å²) in [4.78, 5) is 2.25. The van der Waals surface area contributed by atoms with Gasteiger partial charge in [0.1, 0.15) is 16.4 Å². The van der Waals surface area contributed by atoms with Crippen LogP contribution in [0.5, 0.6) is 0 Å². The molecule has 0 radical (unpaired) electrons. The second-order valence-corrected chi connectivity index (χ2v) is 11.1. The first kappa shape index (κ1) is 18.9. The maximum Gasteiger partial charge on any atom is 0.433 e. The third-order valence-electron chi connectivity index (χ3n) is 4.93. The Hall–Kier alpha value is -2.31. The summed E-state index contributed by atoms with van der Waals surface area (Å²) in [7, 11) is -5.06. The van der Waals surface area contributed by atoms with E-state index in [1.165, 1.54) is 10.7 Å². The zero-order valence-corrected chi connectivity index (χ0v) is 20.9. The molecule has 6 nitrogen and oxygen atoms in total. The number of hydrogen-bond acceptors (Lipinski definition) is 4. The molecule has 188 valence electrons. The van der Waals surface area contributed by atoms with Gasteiger partial charge in [-0.1, -0.05) is 15.9 Å². The SMILES string of the molecule is [2H]C1([2H])C([2H])([2H])C1([2H])[C@]([2H])(NS(=O)(=O)c1ccc(C(F)(F)F)nc1)c1cnn(C(C)(C)C)c1-c1cc(F)ccc1Br. The molecule has 0 bridgehead atoms. The third kappa shape index (κ3) is 5.44. The molecule has 1 atom stereocenters. The van der Waals surface area contributed by atoms with Crippen LogP contribution in [-0.2, 0) is 21.7 Å². The van der Waals surface area contributed by atoms with Gasteiger partial charge in [-0.15, -0.1) is 0 Å². The number of benzene rings is 1. The number of aromatic nitrogens is 3. The first-order valence-corrected chi connectivity index (χ1v) is 12.3. The van der Waals surface area contributed by atoms with Gasteiger partial charge in [0, 0.05) is 28.7 Å². The van der Waals surface area contributed by atoms with E-state index in [0.29, 0.717) is 18.3 Å². The van der Waals surface area contributed by atoms with Crippen molar-refractivity contribution in [3.8, 4) is 11.3 Å². The number of halogens is 5. The van der Waals surface area contributed by atoms with Crippen LogP contribution in [0.3, 0.4) is 0 Å². The van der Waals surface area contributed by atoms with Gasteiger partial charge in [0.25, 0.3) is 0 Å². The van der Waals surface area contributed by atoms with Crippen LogP contribution < -0.4 is 4.72 Å². The van der Waals surface area contributed by atoms with Gasteiger partial charge in [0.05, 0.1) is 24.8 Å². The highest BCUT2D eigenvalue weighted by Crippen LogP contribution is 2.46. The van der Waals surface area contributed by atoms with Gasteiger partial charge < -0.3 is 0 Å². The minimum atomic E-state index is -5.06. The van der Waals surface area contributed by atoms with E-state index in [1.807, 2.05) is 4.72 Å². The molecule has 4 rings (SSSR count). The Bertz CT molecular complexity index is 1610. The highest BCUT2D eigenvalue weighted by Gasteiger charge is 2.40. The zero-order valence-electron chi connectivity index (χ0n) is 24.5. The van der Waals surface area contributed by atoms with E-state index in [4.69, 9.17) is 6.85 Å². The standard InChI is InChI=1S/C23H23BrF4N4O2S/c1-22(2,3)32-21(16-10-14(25)6-8-18(16)24)17(12-30-32)20(13-4-5-13)31-35(33,34)15-7-9-19(29-11-15)23(26,27)28/h6-13,20,31H,4-5H2,1-3H3/t20-/m0/s1/i4D2,5D2,13D,20D. The normalized spacial score (nSPS) is 23.1. The van der Waals surface area contributed by atoms with Crippen LogP contribution in [-0.4, -0.2) is 23.2 Å². The first-order chi connectivity index (χ1) is 18.4. The van der Waals surface area contributed by atoms with Crippen molar-refractivity contribution in [2.24, 2.45) is 5.89 Å². The number of sulfonamides is 1. The summed E-state index contributed by atoms with van der Waals surface area (Å²) in [6, 6.07) is 1.22. The lowest BCUT2D eigenvalue weighted by atomic mass is 9.98. The minimum absolute atomic E-state index is 0.0322. The van der Waals surface area contributed by atoms with Gasteiger partial charge in [-0.05, 0) is 69.7 Å². The van der Waals surface area contributed by atoms with Crippen molar-refractivity contribution in [2.75, 3.05) is 0 Å². The van der Waals surface area contributed by atoms with E-state index in [9.17, 15) is 27.4 Å². The lowest BCUT2D eigenvalue weighted by molar-refractivity contribution is -0.141. The molecule has 0 spiro atoms. The highest BCUT2D eigenvalue weighted by atomic mass is 79.9. The topological polar surface area (TPSA) is 76.9 Å². The van der Waals surface area contributed by atoms with E-state index in [0.717, 1.165) is 18.3 Å². The first-order valence-electron chi connectivity index (χ1n) is 13.0. The molecule has 1 fully saturated rings. The molecular formula is C23H23BrF4N4O2S. The third-order valence-corrected chi connectivity index (χ3v) is 6.96. The van der Waals surface area contributed by atoms with E-state index in [1.54, 1.807) is 20.8 Å². The fraction of sp³-hybridized carbons (Fsp3) is 0.391. The number of hydrogen-bond donors (Lipinski definition) is 1. The lowest BCUT2D eigenvalue weighted by Crippen LogP contribution is -2.31. The Kier molecular flexibility index (Phi) is 4.84. The average Bonchev–Trinajstić information content (AvgIpc) is 3.16. The number of pyridine rings is 1. The Balaban J connectivity index is 2.02. The average molecular weight is 581 g/mol. The summed E-state index contributed by atoms with van der Waals surface area (Å²) in [5.74, 6) is -3.89. The molecule has 1 aromatic carbocycles. The molecule has 0 saturated heterocycles. The van der Waals surface area contributed by atoms with Gasteiger partial charge >= 0.3 is 6.18 Å². The summed E-state index contributed by atoms with van der Waals surface area (Å²) in [6.07, 6.45) is -9.73. The maximum atomic E-state index is 14.4. The maximum absolute atomic E-state index is 14.4. The second kappa shape index (κ2) is 8.97. The zero-order chi connectivity index (χ0) is 31.2. The van der Waals surface area contributed by atoms with Crippen molar-refractivity contribution in [1.29, 1.82) is 0 Å². The van der Waals surface area contributed by atoms with E-state index in [2.05, 4.69) is 26.0 Å². The molecule has 0 amide bonds. The fourth-order valence-corrected chi connectivity index (χ4v) is 4.75. The van der Waals surface area contributed by atoms with Crippen molar-refractivity contribution >= 4 is 26.0 Å². The quantitative estimate of drug-likeness (QED) is 0.360. The van der Waals surface area contributed by atoms with E-state index < -0.39 is 68.4 Å². The van der Waals surface area contributed by atoms with Gasteiger partial charge in [-0.25, -0.2) is 17.5 Å². The van der Waals surface area contributed by atoms with Crippen molar-refractivity contribution in [2.45, 2.75) is 56.1 Å². The van der Waals surface area contributed by atoms with Gasteiger partial charge in [0.15, 0.2) is 0 Å².